The Morgan fingerprint density at radius 3 is 2.60 bits per heavy atom. The number of benzene rings is 2. The molecule has 0 unspecified atom stereocenters. The second-order valence-corrected chi connectivity index (χ2v) is 5.25. The Hall–Kier alpha value is -2.29. The van der Waals surface area contributed by atoms with E-state index in [-0.39, 0.29) is 11.7 Å². The zero-order valence-electron chi connectivity index (χ0n) is 11.4. The predicted molar refractivity (Wildman–Crippen MR) is 79.3 cm³/mol. The van der Waals surface area contributed by atoms with Gasteiger partial charge in [-0.1, -0.05) is 25.1 Å². The van der Waals surface area contributed by atoms with Crippen molar-refractivity contribution in [3.8, 4) is 5.75 Å². The minimum Gasteiger partial charge on any atom is -0.508 e. The van der Waals surface area contributed by atoms with Gasteiger partial charge in [0.1, 0.15) is 5.75 Å². The Kier molecular flexibility index (Phi) is 3.18. The van der Waals surface area contributed by atoms with Gasteiger partial charge in [0.05, 0.1) is 0 Å². The first kappa shape index (κ1) is 12.7. The number of hydrogen-bond donors (Lipinski definition) is 1. The van der Waals surface area contributed by atoms with E-state index >= 15 is 0 Å². The summed E-state index contributed by atoms with van der Waals surface area (Å²) in [5.74, 6) is 0.647. The maximum absolute atomic E-state index is 12.6. The van der Waals surface area contributed by atoms with E-state index in [4.69, 9.17) is 0 Å². The number of aromatic hydroxyl groups is 1. The molecule has 2 aromatic rings. The molecule has 0 spiro atoms. The highest BCUT2D eigenvalue weighted by Crippen LogP contribution is 2.35. The lowest BCUT2D eigenvalue weighted by molar-refractivity contribution is 0.0984. The Balaban J connectivity index is 1.97. The summed E-state index contributed by atoms with van der Waals surface area (Å²) in [4.78, 5) is 14.5. The largest absolute Gasteiger partial charge is 0.508 e. The van der Waals surface area contributed by atoms with E-state index in [2.05, 4.69) is 13.0 Å². The molecule has 1 amide bonds. The summed E-state index contributed by atoms with van der Waals surface area (Å²) in [6, 6.07) is 14.5. The third-order valence-corrected chi connectivity index (χ3v) is 3.90. The molecular weight excluding hydrogens is 250 g/mol. The molecule has 0 saturated heterocycles. The van der Waals surface area contributed by atoms with Gasteiger partial charge in [0.15, 0.2) is 0 Å². The van der Waals surface area contributed by atoms with Crippen LogP contribution in [0.2, 0.25) is 0 Å². The van der Waals surface area contributed by atoms with E-state index in [1.54, 1.807) is 24.3 Å². The molecule has 3 rings (SSSR count). The van der Waals surface area contributed by atoms with Crippen molar-refractivity contribution >= 4 is 11.6 Å². The highest BCUT2D eigenvalue weighted by Gasteiger charge is 2.26. The summed E-state index contributed by atoms with van der Waals surface area (Å²) < 4.78 is 0. The van der Waals surface area contributed by atoms with Crippen molar-refractivity contribution in [2.24, 2.45) is 0 Å². The molecule has 0 aromatic heterocycles. The molecular formula is C17H17NO2. The van der Waals surface area contributed by atoms with Gasteiger partial charge < -0.3 is 10.0 Å². The predicted octanol–water partition coefficient (Wildman–Crippen LogP) is 3.55. The molecule has 0 bridgehead atoms. The number of phenolic OH excluding ortho intramolecular Hbond substituents is 1. The topological polar surface area (TPSA) is 40.5 Å². The van der Waals surface area contributed by atoms with Gasteiger partial charge in [0.25, 0.3) is 5.91 Å². The summed E-state index contributed by atoms with van der Waals surface area (Å²) in [6.45, 7) is 2.93. The Labute approximate surface area is 118 Å². The molecule has 1 N–H and O–H groups in total. The van der Waals surface area contributed by atoms with E-state index in [1.165, 1.54) is 5.56 Å². The number of para-hydroxylation sites is 1. The Bertz CT molecular complexity index is 634. The van der Waals surface area contributed by atoms with E-state index < -0.39 is 0 Å². The van der Waals surface area contributed by atoms with Gasteiger partial charge in [-0.2, -0.15) is 0 Å². The van der Waals surface area contributed by atoms with Gasteiger partial charge in [0.2, 0.25) is 0 Å². The number of phenols is 1. The fourth-order valence-corrected chi connectivity index (χ4v) is 2.72. The molecule has 0 saturated carbocycles. The lowest BCUT2D eigenvalue weighted by atomic mass is 9.91. The zero-order chi connectivity index (χ0) is 14.1. The maximum Gasteiger partial charge on any atom is 0.258 e. The second-order valence-electron chi connectivity index (χ2n) is 5.25. The van der Waals surface area contributed by atoms with Crippen molar-refractivity contribution < 1.29 is 9.90 Å². The fraction of sp³-hybridized carbons (Fsp3) is 0.235. The molecule has 2 aromatic carbocycles. The molecule has 1 aliphatic rings. The van der Waals surface area contributed by atoms with Crippen molar-refractivity contribution in [3.05, 3.63) is 59.7 Å². The summed E-state index contributed by atoms with van der Waals surface area (Å²) in [7, 11) is 0. The van der Waals surface area contributed by atoms with Gasteiger partial charge in [0, 0.05) is 17.8 Å². The van der Waals surface area contributed by atoms with Gasteiger partial charge in [-0.3, -0.25) is 4.79 Å². The highest BCUT2D eigenvalue weighted by molar-refractivity contribution is 6.06. The number of anilines is 1. The number of fused-ring (bicyclic) bond motifs is 1. The van der Waals surface area contributed by atoms with Crippen LogP contribution in [0.3, 0.4) is 0 Å². The summed E-state index contributed by atoms with van der Waals surface area (Å²) in [5.41, 5.74) is 2.84. The quantitative estimate of drug-likeness (QED) is 0.858. The number of nitrogens with zero attached hydrogens (tertiary/aromatic N) is 1. The van der Waals surface area contributed by atoms with Crippen LogP contribution in [0.1, 0.15) is 35.2 Å². The van der Waals surface area contributed by atoms with Gasteiger partial charge in [-0.25, -0.2) is 0 Å². The number of rotatable bonds is 1. The zero-order valence-corrected chi connectivity index (χ0v) is 11.4. The first-order valence-electron chi connectivity index (χ1n) is 6.86. The van der Waals surface area contributed by atoms with E-state index in [9.17, 15) is 9.90 Å². The molecule has 0 fully saturated rings. The third kappa shape index (κ3) is 2.16. The first-order chi connectivity index (χ1) is 9.66. The van der Waals surface area contributed by atoms with Crippen molar-refractivity contribution in [3.63, 3.8) is 0 Å². The van der Waals surface area contributed by atoms with Crippen LogP contribution < -0.4 is 4.90 Å². The van der Waals surface area contributed by atoms with Crippen LogP contribution in [-0.4, -0.2) is 17.6 Å². The number of carbonyl (C=O) groups is 1. The Morgan fingerprint density at radius 1 is 1.15 bits per heavy atom. The fourth-order valence-electron chi connectivity index (χ4n) is 2.72. The van der Waals surface area contributed by atoms with Gasteiger partial charge >= 0.3 is 0 Å². The number of carbonyl (C=O) groups excluding carboxylic acids is 1. The monoisotopic (exact) mass is 267 g/mol. The molecule has 1 aliphatic heterocycles. The lowest BCUT2D eigenvalue weighted by Gasteiger charge is -2.33. The smallest absolute Gasteiger partial charge is 0.258 e. The second kappa shape index (κ2) is 5.00. The molecule has 102 valence electrons. The first-order valence-corrected chi connectivity index (χ1v) is 6.86. The van der Waals surface area contributed by atoms with Crippen LogP contribution in [0.5, 0.6) is 5.75 Å². The van der Waals surface area contributed by atoms with Crippen LogP contribution in [0.25, 0.3) is 0 Å². The van der Waals surface area contributed by atoms with Gasteiger partial charge in [-0.15, -0.1) is 0 Å². The number of hydrogen-bond acceptors (Lipinski definition) is 2. The highest BCUT2D eigenvalue weighted by atomic mass is 16.3. The molecule has 3 heteroatoms. The van der Waals surface area contributed by atoms with Crippen LogP contribution in [-0.2, 0) is 0 Å². The average Bonchev–Trinajstić information content (AvgIpc) is 2.48. The van der Waals surface area contributed by atoms with Crippen molar-refractivity contribution in [1.29, 1.82) is 0 Å². The third-order valence-electron chi connectivity index (χ3n) is 3.90. The Morgan fingerprint density at radius 2 is 1.85 bits per heavy atom. The maximum atomic E-state index is 12.6. The van der Waals surface area contributed by atoms with Crippen molar-refractivity contribution in [2.45, 2.75) is 19.3 Å². The molecule has 1 heterocycles. The standard InChI is InChI=1S/C17H17NO2/c1-12-10-11-18(16-5-3-2-4-15(12)16)17(20)13-6-8-14(19)9-7-13/h2-9,12,19H,10-11H2,1H3/t12-/m1/s1. The molecule has 20 heavy (non-hydrogen) atoms. The summed E-state index contributed by atoms with van der Waals surface area (Å²) in [5, 5.41) is 9.32. The lowest BCUT2D eigenvalue weighted by Crippen LogP contribution is -2.36. The van der Waals surface area contributed by atoms with E-state index in [1.807, 2.05) is 23.1 Å². The van der Waals surface area contributed by atoms with E-state index in [0.29, 0.717) is 11.5 Å². The normalized spacial score (nSPS) is 17.6. The van der Waals surface area contributed by atoms with Crippen LogP contribution in [0, 0.1) is 0 Å². The summed E-state index contributed by atoms with van der Waals surface area (Å²) >= 11 is 0. The molecule has 0 aliphatic carbocycles. The van der Waals surface area contributed by atoms with Crippen molar-refractivity contribution in [2.75, 3.05) is 11.4 Å². The SMILES string of the molecule is C[C@@H]1CCN(C(=O)c2ccc(O)cc2)c2ccccc21. The van der Waals surface area contributed by atoms with Crippen molar-refractivity contribution in [1.82, 2.24) is 0 Å². The van der Waals surface area contributed by atoms with Crippen LogP contribution in [0.4, 0.5) is 5.69 Å². The van der Waals surface area contributed by atoms with Crippen LogP contribution >= 0.6 is 0 Å². The van der Waals surface area contributed by atoms with Gasteiger partial charge in [-0.05, 0) is 48.2 Å². The molecule has 3 nitrogen and oxygen atoms in total. The molecule has 0 radical (unpaired) electrons. The molecule has 1 atom stereocenters. The average molecular weight is 267 g/mol. The minimum atomic E-state index is -0.00986. The van der Waals surface area contributed by atoms with Crippen LogP contribution in [0.15, 0.2) is 48.5 Å². The van der Waals surface area contributed by atoms with E-state index in [0.717, 1.165) is 18.7 Å². The number of amides is 1. The summed E-state index contributed by atoms with van der Waals surface area (Å²) in [6.07, 6.45) is 0.973. The minimum absolute atomic E-state index is 0.00986.